The summed E-state index contributed by atoms with van der Waals surface area (Å²) < 4.78 is 1.09. The molecule has 1 atom stereocenters. The van der Waals surface area contributed by atoms with Crippen LogP contribution in [0.1, 0.15) is 22.7 Å². The molecule has 1 unspecified atom stereocenters. The summed E-state index contributed by atoms with van der Waals surface area (Å²) in [5, 5.41) is 0. The number of nitrogens with zero attached hydrogens (tertiary/aromatic N) is 1. The van der Waals surface area contributed by atoms with E-state index >= 15 is 0 Å². The van der Waals surface area contributed by atoms with Crippen LogP contribution in [0.15, 0.2) is 47.2 Å². The number of aromatic nitrogens is 1. The van der Waals surface area contributed by atoms with Gasteiger partial charge in [0.05, 0.1) is 0 Å². The number of halogens is 1. The fourth-order valence-electron chi connectivity index (χ4n) is 1.88. The molecule has 1 aromatic carbocycles. The fourth-order valence-corrected chi connectivity index (χ4v) is 2.15. The number of hydrogen-bond acceptors (Lipinski definition) is 2. The van der Waals surface area contributed by atoms with E-state index in [1.54, 1.807) is 6.20 Å². The van der Waals surface area contributed by atoms with Gasteiger partial charge in [-0.05, 0) is 48.2 Å². The molecule has 0 radical (unpaired) electrons. The van der Waals surface area contributed by atoms with Gasteiger partial charge in [0.1, 0.15) is 0 Å². The molecule has 0 amide bonds. The van der Waals surface area contributed by atoms with Crippen LogP contribution < -0.4 is 5.73 Å². The highest BCUT2D eigenvalue weighted by Crippen LogP contribution is 2.19. The summed E-state index contributed by atoms with van der Waals surface area (Å²) >= 11 is 3.43. The smallest absolute Gasteiger partial charge is 0.0339 e. The molecule has 0 aliphatic carbocycles. The van der Waals surface area contributed by atoms with E-state index in [4.69, 9.17) is 5.73 Å². The molecule has 0 fully saturated rings. The molecule has 0 aliphatic heterocycles. The zero-order valence-electron chi connectivity index (χ0n) is 9.73. The van der Waals surface area contributed by atoms with Gasteiger partial charge in [-0.2, -0.15) is 0 Å². The van der Waals surface area contributed by atoms with Crippen LogP contribution in [0.2, 0.25) is 0 Å². The lowest BCUT2D eigenvalue weighted by Gasteiger charge is -2.14. The molecule has 2 aromatic rings. The summed E-state index contributed by atoms with van der Waals surface area (Å²) in [5.74, 6) is 0. The Kier molecular flexibility index (Phi) is 3.92. The minimum absolute atomic E-state index is 0.0270. The Bertz CT molecular complexity index is 494. The molecule has 3 heteroatoms. The van der Waals surface area contributed by atoms with Crippen LogP contribution in [0.3, 0.4) is 0 Å². The molecular weight excluding hydrogens is 276 g/mol. The lowest BCUT2D eigenvalue weighted by molar-refractivity contribution is 0.714. The van der Waals surface area contributed by atoms with Gasteiger partial charge in [0, 0.05) is 22.9 Å². The van der Waals surface area contributed by atoms with Crippen molar-refractivity contribution < 1.29 is 0 Å². The van der Waals surface area contributed by atoms with Gasteiger partial charge in [0.25, 0.3) is 0 Å². The first-order chi connectivity index (χ1) is 8.16. The van der Waals surface area contributed by atoms with Crippen LogP contribution in [0.25, 0.3) is 0 Å². The van der Waals surface area contributed by atoms with E-state index in [-0.39, 0.29) is 6.04 Å². The van der Waals surface area contributed by atoms with Gasteiger partial charge >= 0.3 is 0 Å². The molecule has 2 nitrogen and oxygen atoms in total. The first-order valence-electron chi connectivity index (χ1n) is 5.57. The Morgan fingerprint density at radius 3 is 2.59 bits per heavy atom. The van der Waals surface area contributed by atoms with Crippen LogP contribution >= 0.6 is 15.9 Å². The highest BCUT2D eigenvalue weighted by molar-refractivity contribution is 9.10. The third-order valence-electron chi connectivity index (χ3n) is 2.83. The Morgan fingerprint density at radius 1 is 1.24 bits per heavy atom. The Balaban J connectivity index is 2.14. The topological polar surface area (TPSA) is 38.9 Å². The minimum Gasteiger partial charge on any atom is -0.324 e. The second-order valence-electron chi connectivity index (χ2n) is 4.17. The van der Waals surface area contributed by atoms with E-state index in [9.17, 15) is 0 Å². The maximum Gasteiger partial charge on any atom is 0.0339 e. The Hall–Kier alpha value is -1.19. The number of nitrogens with two attached hydrogens (primary N) is 1. The highest BCUT2D eigenvalue weighted by Gasteiger charge is 2.09. The molecule has 0 spiro atoms. The number of benzene rings is 1. The first kappa shape index (κ1) is 12.3. The molecule has 0 bridgehead atoms. The van der Waals surface area contributed by atoms with Crippen molar-refractivity contribution in [2.24, 2.45) is 5.73 Å². The number of rotatable bonds is 3. The normalized spacial score (nSPS) is 12.4. The van der Waals surface area contributed by atoms with Gasteiger partial charge < -0.3 is 5.73 Å². The van der Waals surface area contributed by atoms with Crippen LogP contribution in [0.4, 0.5) is 0 Å². The van der Waals surface area contributed by atoms with E-state index in [0.717, 1.165) is 16.5 Å². The molecule has 0 aliphatic rings. The molecule has 0 saturated carbocycles. The molecule has 1 heterocycles. The average molecular weight is 291 g/mol. The van der Waals surface area contributed by atoms with E-state index in [0.29, 0.717) is 0 Å². The van der Waals surface area contributed by atoms with Crippen molar-refractivity contribution in [2.75, 3.05) is 0 Å². The summed E-state index contributed by atoms with van der Waals surface area (Å²) in [6, 6.07) is 10.3. The largest absolute Gasteiger partial charge is 0.324 e. The first-order valence-corrected chi connectivity index (χ1v) is 6.36. The minimum atomic E-state index is 0.0270. The van der Waals surface area contributed by atoms with Crippen molar-refractivity contribution in [2.45, 2.75) is 19.4 Å². The number of hydrogen-bond donors (Lipinski definition) is 1. The van der Waals surface area contributed by atoms with Crippen molar-refractivity contribution in [3.05, 3.63) is 63.9 Å². The van der Waals surface area contributed by atoms with Gasteiger partial charge in [0.15, 0.2) is 0 Å². The molecule has 2 rings (SSSR count). The summed E-state index contributed by atoms with van der Waals surface area (Å²) in [4.78, 5) is 4.08. The lowest BCUT2D eigenvalue weighted by atomic mass is 9.98. The van der Waals surface area contributed by atoms with E-state index in [1.165, 1.54) is 11.1 Å². The predicted molar refractivity (Wildman–Crippen MR) is 73.7 cm³/mol. The second kappa shape index (κ2) is 5.43. The van der Waals surface area contributed by atoms with Gasteiger partial charge in [-0.3, -0.25) is 4.98 Å². The monoisotopic (exact) mass is 290 g/mol. The van der Waals surface area contributed by atoms with Crippen LogP contribution in [-0.2, 0) is 6.42 Å². The molecule has 88 valence electrons. The summed E-state index contributed by atoms with van der Waals surface area (Å²) in [7, 11) is 0. The number of pyridine rings is 1. The maximum absolute atomic E-state index is 6.23. The quantitative estimate of drug-likeness (QED) is 0.941. The van der Waals surface area contributed by atoms with Crippen molar-refractivity contribution in [1.82, 2.24) is 4.98 Å². The third-order valence-corrected chi connectivity index (χ3v) is 3.36. The van der Waals surface area contributed by atoms with Crippen molar-refractivity contribution in [3.8, 4) is 0 Å². The van der Waals surface area contributed by atoms with Gasteiger partial charge in [0.2, 0.25) is 0 Å². The molecule has 17 heavy (non-hydrogen) atoms. The maximum atomic E-state index is 6.23. The van der Waals surface area contributed by atoms with Crippen molar-refractivity contribution >= 4 is 15.9 Å². The van der Waals surface area contributed by atoms with Crippen LogP contribution in [-0.4, -0.2) is 4.98 Å². The van der Waals surface area contributed by atoms with Gasteiger partial charge in [-0.1, -0.05) is 28.1 Å². The summed E-state index contributed by atoms with van der Waals surface area (Å²) in [6.45, 7) is 2.05. The van der Waals surface area contributed by atoms with E-state index < -0.39 is 0 Å². The molecule has 1 aromatic heterocycles. The molecule has 2 N–H and O–H groups in total. The van der Waals surface area contributed by atoms with Crippen molar-refractivity contribution in [3.63, 3.8) is 0 Å². The third kappa shape index (κ3) is 3.14. The lowest BCUT2D eigenvalue weighted by Crippen LogP contribution is -2.14. The SMILES string of the molecule is Cc1cnccc1C(N)Cc1ccc(Br)cc1. The van der Waals surface area contributed by atoms with E-state index in [2.05, 4.69) is 33.0 Å². The standard InChI is InChI=1S/C14H15BrN2/c1-10-9-17-7-6-13(10)14(16)8-11-2-4-12(15)5-3-11/h2-7,9,14H,8,16H2,1H3. The number of aryl methyl sites for hydroxylation is 1. The zero-order chi connectivity index (χ0) is 12.3. The summed E-state index contributed by atoms with van der Waals surface area (Å²) in [6.07, 6.45) is 4.50. The second-order valence-corrected chi connectivity index (χ2v) is 5.09. The average Bonchev–Trinajstić information content (AvgIpc) is 2.32. The van der Waals surface area contributed by atoms with E-state index in [1.807, 2.05) is 31.3 Å². The van der Waals surface area contributed by atoms with Gasteiger partial charge in [-0.15, -0.1) is 0 Å². The van der Waals surface area contributed by atoms with Crippen LogP contribution in [0.5, 0.6) is 0 Å². The van der Waals surface area contributed by atoms with Crippen molar-refractivity contribution in [1.29, 1.82) is 0 Å². The molecule has 0 saturated heterocycles. The Labute approximate surface area is 110 Å². The fraction of sp³-hybridized carbons (Fsp3) is 0.214. The molecular formula is C14H15BrN2. The predicted octanol–water partition coefficient (Wildman–Crippen LogP) is 3.40. The summed E-state index contributed by atoms with van der Waals surface area (Å²) in [5.41, 5.74) is 9.79. The highest BCUT2D eigenvalue weighted by atomic mass is 79.9. The Morgan fingerprint density at radius 2 is 1.94 bits per heavy atom. The zero-order valence-corrected chi connectivity index (χ0v) is 11.3. The van der Waals surface area contributed by atoms with Crippen LogP contribution in [0, 0.1) is 6.92 Å². The van der Waals surface area contributed by atoms with Gasteiger partial charge in [-0.25, -0.2) is 0 Å².